The molecule has 1 aromatic rings. The molecule has 4 nitrogen and oxygen atoms in total. The van der Waals surface area contributed by atoms with E-state index < -0.39 is 0 Å². The molecular formula is C17H22O4. The highest BCUT2D eigenvalue weighted by Gasteiger charge is 2.20. The van der Waals surface area contributed by atoms with Gasteiger partial charge in [0, 0.05) is 11.1 Å². The monoisotopic (exact) mass is 290 g/mol. The number of methoxy groups -OCH3 is 1. The third-order valence-electron chi connectivity index (χ3n) is 3.95. The number of carbonyl (C=O) groups is 2. The van der Waals surface area contributed by atoms with E-state index in [0.717, 1.165) is 37.7 Å². The highest BCUT2D eigenvalue weighted by Crippen LogP contribution is 2.36. The third-order valence-corrected chi connectivity index (χ3v) is 3.95. The van der Waals surface area contributed by atoms with Crippen LogP contribution in [0.15, 0.2) is 6.07 Å². The van der Waals surface area contributed by atoms with E-state index in [4.69, 9.17) is 9.47 Å². The standard InChI is InChI=1S/C17H22O4/c1-20-16-10-13(11-18)15(12-19)17-14(16)8-6-4-2-3-5-7-9-21-17/h10-12H,2-9H2,1H3. The average Bonchev–Trinajstić information content (AvgIpc) is 2.57. The van der Waals surface area contributed by atoms with Crippen molar-refractivity contribution in [3.05, 3.63) is 22.8 Å². The molecule has 0 aliphatic carbocycles. The van der Waals surface area contributed by atoms with Crippen LogP contribution in [0.4, 0.5) is 0 Å². The maximum Gasteiger partial charge on any atom is 0.154 e. The Morgan fingerprint density at radius 1 is 1.05 bits per heavy atom. The highest BCUT2D eigenvalue weighted by atomic mass is 16.5. The number of fused-ring (bicyclic) bond motifs is 1. The zero-order chi connectivity index (χ0) is 15.1. The molecule has 0 spiro atoms. The topological polar surface area (TPSA) is 52.6 Å². The van der Waals surface area contributed by atoms with Crippen LogP contribution in [-0.4, -0.2) is 26.3 Å². The summed E-state index contributed by atoms with van der Waals surface area (Å²) in [5.41, 5.74) is 1.59. The van der Waals surface area contributed by atoms with Crippen molar-refractivity contribution in [2.75, 3.05) is 13.7 Å². The van der Waals surface area contributed by atoms with Gasteiger partial charge in [-0.05, 0) is 25.3 Å². The molecule has 2 rings (SSSR count). The number of rotatable bonds is 3. The minimum atomic E-state index is 0.329. The van der Waals surface area contributed by atoms with Crippen LogP contribution in [0.25, 0.3) is 0 Å². The lowest BCUT2D eigenvalue weighted by Gasteiger charge is -2.18. The minimum absolute atomic E-state index is 0.329. The molecule has 0 N–H and O–H groups in total. The molecule has 1 aliphatic rings. The summed E-state index contributed by atoms with van der Waals surface area (Å²) in [5, 5.41) is 0. The summed E-state index contributed by atoms with van der Waals surface area (Å²) in [6, 6.07) is 1.64. The fraction of sp³-hybridized carbons (Fsp3) is 0.529. The number of hydrogen-bond donors (Lipinski definition) is 0. The molecule has 0 bridgehead atoms. The first-order valence-electron chi connectivity index (χ1n) is 7.58. The predicted molar refractivity (Wildman–Crippen MR) is 80.7 cm³/mol. The normalized spacial score (nSPS) is 16.0. The molecule has 0 aromatic heterocycles. The number of benzene rings is 1. The Balaban J connectivity index is 2.48. The number of ether oxygens (including phenoxy) is 2. The van der Waals surface area contributed by atoms with Crippen molar-refractivity contribution in [1.82, 2.24) is 0 Å². The van der Waals surface area contributed by atoms with Crippen LogP contribution in [0.3, 0.4) is 0 Å². The lowest BCUT2D eigenvalue weighted by molar-refractivity contribution is 0.109. The first kappa shape index (κ1) is 15.5. The predicted octanol–water partition coefficient (Wildman–Crippen LogP) is 3.60. The quantitative estimate of drug-likeness (QED) is 0.798. The van der Waals surface area contributed by atoms with Gasteiger partial charge in [-0.1, -0.05) is 25.7 Å². The van der Waals surface area contributed by atoms with Crippen molar-refractivity contribution < 1.29 is 19.1 Å². The molecule has 0 fully saturated rings. The largest absolute Gasteiger partial charge is 0.496 e. The van der Waals surface area contributed by atoms with Gasteiger partial charge in [0.1, 0.15) is 11.5 Å². The zero-order valence-corrected chi connectivity index (χ0v) is 12.5. The average molecular weight is 290 g/mol. The van der Waals surface area contributed by atoms with E-state index in [1.165, 1.54) is 12.8 Å². The van der Waals surface area contributed by atoms with Crippen LogP contribution < -0.4 is 9.47 Å². The van der Waals surface area contributed by atoms with Gasteiger partial charge in [0.25, 0.3) is 0 Å². The molecule has 0 amide bonds. The Hall–Kier alpha value is -1.84. The second-order valence-corrected chi connectivity index (χ2v) is 5.34. The molecule has 0 saturated carbocycles. The van der Waals surface area contributed by atoms with Crippen LogP contribution in [0.5, 0.6) is 11.5 Å². The molecule has 1 heterocycles. The van der Waals surface area contributed by atoms with Crippen LogP contribution in [0, 0.1) is 0 Å². The molecule has 21 heavy (non-hydrogen) atoms. The summed E-state index contributed by atoms with van der Waals surface area (Å²) < 4.78 is 11.3. The molecule has 4 heteroatoms. The second kappa shape index (κ2) is 7.81. The van der Waals surface area contributed by atoms with Crippen LogP contribution in [-0.2, 0) is 6.42 Å². The summed E-state index contributed by atoms with van der Waals surface area (Å²) in [7, 11) is 1.58. The molecule has 114 valence electrons. The SMILES string of the molecule is COc1cc(C=O)c(C=O)c2c1CCCCCCCCO2. The van der Waals surface area contributed by atoms with Crippen LogP contribution in [0.2, 0.25) is 0 Å². The second-order valence-electron chi connectivity index (χ2n) is 5.34. The lowest BCUT2D eigenvalue weighted by atomic mass is 9.98. The van der Waals surface area contributed by atoms with Gasteiger partial charge in [0.05, 0.1) is 19.3 Å². The molecule has 1 aromatic carbocycles. The fourth-order valence-electron chi connectivity index (χ4n) is 2.80. The maximum absolute atomic E-state index is 11.4. The molecule has 0 unspecified atom stereocenters. The lowest BCUT2D eigenvalue weighted by Crippen LogP contribution is -2.07. The number of hydrogen-bond acceptors (Lipinski definition) is 4. The summed E-state index contributed by atoms with van der Waals surface area (Å²) in [6.07, 6.45) is 8.93. The zero-order valence-electron chi connectivity index (χ0n) is 12.5. The fourth-order valence-corrected chi connectivity index (χ4v) is 2.80. The maximum atomic E-state index is 11.4. The Bertz CT molecular complexity index is 508. The van der Waals surface area contributed by atoms with Gasteiger partial charge < -0.3 is 9.47 Å². The van der Waals surface area contributed by atoms with Gasteiger partial charge in [-0.2, -0.15) is 0 Å². The van der Waals surface area contributed by atoms with Crippen molar-refractivity contribution >= 4 is 12.6 Å². The Morgan fingerprint density at radius 2 is 1.76 bits per heavy atom. The summed E-state index contributed by atoms with van der Waals surface area (Å²) in [4.78, 5) is 22.6. The van der Waals surface area contributed by atoms with Crippen molar-refractivity contribution in [3.63, 3.8) is 0 Å². The Morgan fingerprint density at radius 3 is 2.43 bits per heavy atom. The van der Waals surface area contributed by atoms with Gasteiger partial charge in [-0.15, -0.1) is 0 Å². The van der Waals surface area contributed by atoms with E-state index in [0.29, 0.717) is 41.8 Å². The summed E-state index contributed by atoms with van der Waals surface area (Å²) in [5.74, 6) is 1.17. The summed E-state index contributed by atoms with van der Waals surface area (Å²) >= 11 is 0. The first-order chi connectivity index (χ1) is 10.3. The molecule has 1 aliphatic heterocycles. The van der Waals surface area contributed by atoms with Gasteiger partial charge in [0.2, 0.25) is 0 Å². The van der Waals surface area contributed by atoms with E-state index in [2.05, 4.69) is 0 Å². The molecular weight excluding hydrogens is 268 g/mol. The number of carbonyl (C=O) groups excluding carboxylic acids is 2. The van der Waals surface area contributed by atoms with Crippen molar-refractivity contribution in [3.8, 4) is 11.5 Å². The van der Waals surface area contributed by atoms with Gasteiger partial charge in [-0.25, -0.2) is 0 Å². The Kier molecular flexibility index (Phi) is 5.78. The third kappa shape index (κ3) is 3.63. The van der Waals surface area contributed by atoms with Gasteiger partial charge in [0.15, 0.2) is 12.6 Å². The summed E-state index contributed by atoms with van der Waals surface area (Å²) in [6.45, 7) is 0.569. The van der Waals surface area contributed by atoms with Crippen molar-refractivity contribution in [2.45, 2.75) is 44.9 Å². The van der Waals surface area contributed by atoms with E-state index in [9.17, 15) is 9.59 Å². The van der Waals surface area contributed by atoms with E-state index in [-0.39, 0.29) is 0 Å². The molecule has 0 atom stereocenters. The Labute approximate surface area is 125 Å². The van der Waals surface area contributed by atoms with Gasteiger partial charge >= 0.3 is 0 Å². The molecule has 0 radical (unpaired) electrons. The molecule has 0 saturated heterocycles. The van der Waals surface area contributed by atoms with E-state index in [1.807, 2.05) is 0 Å². The van der Waals surface area contributed by atoms with Crippen molar-refractivity contribution in [1.29, 1.82) is 0 Å². The number of aldehydes is 2. The smallest absolute Gasteiger partial charge is 0.154 e. The van der Waals surface area contributed by atoms with Crippen LogP contribution >= 0.6 is 0 Å². The van der Waals surface area contributed by atoms with E-state index in [1.54, 1.807) is 13.2 Å². The first-order valence-corrected chi connectivity index (χ1v) is 7.58. The minimum Gasteiger partial charge on any atom is -0.496 e. The van der Waals surface area contributed by atoms with Gasteiger partial charge in [-0.3, -0.25) is 9.59 Å². The highest BCUT2D eigenvalue weighted by molar-refractivity contribution is 5.94. The van der Waals surface area contributed by atoms with Crippen LogP contribution in [0.1, 0.15) is 64.8 Å². The van der Waals surface area contributed by atoms with Crippen molar-refractivity contribution in [2.24, 2.45) is 0 Å². The van der Waals surface area contributed by atoms with E-state index >= 15 is 0 Å².